The number of halogens is 1. The molecule has 4 rings (SSSR count). The molecule has 4 aromatic rings. The Morgan fingerprint density at radius 1 is 0.955 bits per heavy atom. The first kappa shape index (κ1) is 13.4. The number of hydrogen-bond acceptors (Lipinski definition) is 0. The summed E-state index contributed by atoms with van der Waals surface area (Å²) in [6.45, 7) is 4.69. The largest absolute Gasteiger partial charge is 0.322 e. The number of imidazole rings is 1. The Hall–Kier alpha value is -2.26. The third kappa shape index (κ3) is 2.01. The van der Waals surface area contributed by atoms with Crippen LogP contribution in [0.1, 0.15) is 0 Å². The van der Waals surface area contributed by atoms with Crippen molar-refractivity contribution in [3.05, 3.63) is 77.9 Å². The second-order valence-electron chi connectivity index (χ2n) is 5.35. The molecule has 0 aliphatic carbocycles. The van der Waals surface area contributed by atoms with Crippen molar-refractivity contribution in [3.63, 3.8) is 0 Å². The first-order chi connectivity index (χ1) is 10.8. The van der Waals surface area contributed by atoms with Crippen LogP contribution in [0.5, 0.6) is 0 Å². The molecule has 0 spiro atoms. The summed E-state index contributed by atoms with van der Waals surface area (Å²) in [6, 6.07) is 19.2. The van der Waals surface area contributed by atoms with Crippen molar-refractivity contribution in [2.45, 2.75) is 6.54 Å². The monoisotopic (exact) mass is 350 g/mol. The highest BCUT2D eigenvalue weighted by Crippen LogP contribution is 2.29. The average molecular weight is 351 g/mol. The highest BCUT2D eigenvalue weighted by Gasteiger charge is 2.11. The van der Waals surface area contributed by atoms with Gasteiger partial charge in [-0.2, -0.15) is 0 Å². The van der Waals surface area contributed by atoms with E-state index in [1.54, 1.807) is 0 Å². The van der Waals surface area contributed by atoms with E-state index in [9.17, 15) is 0 Å². The van der Waals surface area contributed by atoms with Crippen LogP contribution in [0.15, 0.2) is 77.9 Å². The lowest BCUT2D eigenvalue weighted by Crippen LogP contribution is -1.93. The van der Waals surface area contributed by atoms with Crippen molar-refractivity contribution in [3.8, 4) is 11.1 Å². The van der Waals surface area contributed by atoms with Crippen molar-refractivity contribution in [2.24, 2.45) is 0 Å². The molecule has 0 bridgehead atoms. The minimum atomic E-state index is 0.806. The van der Waals surface area contributed by atoms with E-state index in [0.29, 0.717) is 0 Å². The van der Waals surface area contributed by atoms with E-state index in [2.05, 4.69) is 92.3 Å². The van der Waals surface area contributed by atoms with Gasteiger partial charge in [0.15, 0.2) is 0 Å². The molecular formula is C19H15BrN2. The molecule has 0 saturated heterocycles. The van der Waals surface area contributed by atoms with Crippen LogP contribution in [-0.2, 0) is 6.54 Å². The van der Waals surface area contributed by atoms with Gasteiger partial charge in [-0.05, 0) is 35.9 Å². The molecule has 0 aliphatic heterocycles. The molecule has 0 fully saturated rings. The number of nitrogens with zero attached hydrogens (tertiary/aromatic N) is 2. The minimum absolute atomic E-state index is 0.806. The summed E-state index contributed by atoms with van der Waals surface area (Å²) in [5.41, 5.74) is 6.11. The third-order valence-electron chi connectivity index (χ3n) is 4.00. The first-order valence-corrected chi connectivity index (χ1v) is 8.03. The van der Waals surface area contributed by atoms with Gasteiger partial charge in [-0.3, -0.25) is 0 Å². The number of hydrogen-bond donors (Lipinski definition) is 0. The molecule has 0 N–H and O–H groups in total. The van der Waals surface area contributed by atoms with Crippen molar-refractivity contribution < 1.29 is 0 Å². The van der Waals surface area contributed by atoms with E-state index >= 15 is 0 Å². The van der Waals surface area contributed by atoms with E-state index in [-0.39, 0.29) is 0 Å². The molecular weight excluding hydrogens is 336 g/mol. The summed E-state index contributed by atoms with van der Waals surface area (Å²) >= 11 is 3.49. The third-order valence-corrected chi connectivity index (χ3v) is 4.53. The van der Waals surface area contributed by atoms with Crippen molar-refractivity contribution >= 4 is 32.6 Å². The van der Waals surface area contributed by atoms with E-state index in [1.165, 1.54) is 27.8 Å². The highest BCUT2D eigenvalue weighted by atomic mass is 79.9. The van der Waals surface area contributed by atoms with Crippen LogP contribution in [0.2, 0.25) is 0 Å². The molecule has 3 heteroatoms. The quantitative estimate of drug-likeness (QED) is 0.431. The number of para-hydroxylation sites is 2. The summed E-state index contributed by atoms with van der Waals surface area (Å²) in [5.74, 6) is 0. The number of allylic oxidation sites excluding steroid dienone is 1. The van der Waals surface area contributed by atoms with Crippen LogP contribution in [0.25, 0.3) is 27.8 Å². The first-order valence-electron chi connectivity index (χ1n) is 7.24. The number of benzene rings is 2. The second-order valence-corrected chi connectivity index (χ2v) is 6.27. The lowest BCUT2D eigenvalue weighted by molar-refractivity contribution is 0.889. The zero-order chi connectivity index (χ0) is 15.1. The van der Waals surface area contributed by atoms with Gasteiger partial charge in [0, 0.05) is 22.8 Å². The Kier molecular flexibility index (Phi) is 3.16. The van der Waals surface area contributed by atoms with Gasteiger partial charge >= 0.3 is 0 Å². The van der Waals surface area contributed by atoms with E-state index in [0.717, 1.165) is 11.0 Å². The van der Waals surface area contributed by atoms with Crippen LogP contribution in [0, 0.1) is 0 Å². The van der Waals surface area contributed by atoms with Gasteiger partial charge in [-0.1, -0.05) is 46.3 Å². The zero-order valence-electron chi connectivity index (χ0n) is 12.0. The van der Waals surface area contributed by atoms with Crippen LogP contribution < -0.4 is 0 Å². The molecule has 2 nitrogen and oxygen atoms in total. The van der Waals surface area contributed by atoms with Crippen molar-refractivity contribution in [1.29, 1.82) is 0 Å². The van der Waals surface area contributed by atoms with Crippen LogP contribution >= 0.6 is 15.9 Å². The SMILES string of the molecule is C=CCn1c2ccccc2n2cc(-c3ccc(Br)cc3)cc12. The average Bonchev–Trinajstić information content (AvgIpc) is 3.08. The van der Waals surface area contributed by atoms with Gasteiger partial charge in [-0.25, -0.2) is 0 Å². The number of rotatable bonds is 3. The van der Waals surface area contributed by atoms with Crippen LogP contribution in [0.3, 0.4) is 0 Å². The molecule has 2 heterocycles. The second kappa shape index (κ2) is 5.18. The predicted molar refractivity (Wildman–Crippen MR) is 96.2 cm³/mol. The van der Waals surface area contributed by atoms with Gasteiger partial charge in [0.1, 0.15) is 5.65 Å². The standard InChI is InChI=1S/C19H15BrN2/c1-2-11-21-17-5-3-4-6-18(17)22-13-15(12-19(21)22)14-7-9-16(20)10-8-14/h2-10,12-13H,1,11H2. The highest BCUT2D eigenvalue weighted by molar-refractivity contribution is 9.10. The Balaban J connectivity index is 1.99. The Morgan fingerprint density at radius 3 is 2.41 bits per heavy atom. The van der Waals surface area contributed by atoms with Crippen molar-refractivity contribution in [1.82, 2.24) is 8.97 Å². The lowest BCUT2D eigenvalue weighted by atomic mass is 10.1. The summed E-state index contributed by atoms with van der Waals surface area (Å²) in [7, 11) is 0. The normalized spacial score (nSPS) is 11.3. The summed E-state index contributed by atoms with van der Waals surface area (Å²) in [4.78, 5) is 0. The van der Waals surface area contributed by atoms with Gasteiger partial charge in [-0.15, -0.1) is 6.58 Å². The van der Waals surface area contributed by atoms with E-state index in [1.807, 2.05) is 6.08 Å². The molecule has 0 unspecified atom stereocenters. The molecule has 2 aromatic carbocycles. The lowest BCUT2D eigenvalue weighted by Gasteiger charge is -2.01. The fraction of sp³-hybridized carbons (Fsp3) is 0.0526. The molecule has 0 amide bonds. The molecule has 0 saturated carbocycles. The van der Waals surface area contributed by atoms with E-state index in [4.69, 9.17) is 0 Å². The maximum absolute atomic E-state index is 3.89. The number of fused-ring (bicyclic) bond motifs is 3. The maximum atomic E-state index is 3.89. The van der Waals surface area contributed by atoms with Gasteiger partial charge < -0.3 is 8.97 Å². The van der Waals surface area contributed by atoms with Crippen LogP contribution in [-0.4, -0.2) is 8.97 Å². The number of aromatic nitrogens is 2. The smallest absolute Gasteiger partial charge is 0.118 e. The molecule has 0 atom stereocenters. The zero-order valence-corrected chi connectivity index (χ0v) is 13.6. The molecule has 108 valence electrons. The van der Waals surface area contributed by atoms with Gasteiger partial charge in [0.2, 0.25) is 0 Å². The predicted octanol–water partition coefficient (Wildman–Crippen LogP) is 5.51. The summed E-state index contributed by atoms with van der Waals surface area (Å²) in [5, 5.41) is 0. The molecule has 0 radical (unpaired) electrons. The molecule has 0 aliphatic rings. The summed E-state index contributed by atoms with van der Waals surface area (Å²) < 4.78 is 5.66. The Bertz CT molecular complexity index is 974. The Morgan fingerprint density at radius 2 is 1.68 bits per heavy atom. The maximum Gasteiger partial charge on any atom is 0.118 e. The Labute approximate surface area is 137 Å². The minimum Gasteiger partial charge on any atom is -0.322 e. The van der Waals surface area contributed by atoms with Gasteiger partial charge in [0.25, 0.3) is 0 Å². The fourth-order valence-electron chi connectivity index (χ4n) is 2.99. The van der Waals surface area contributed by atoms with Crippen molar-refractivity contribution in [2.75, 3.05) is 0 Å². The van der Waals surface area contributed by atoms with E-state index < -0.39 is 0 Å². The molecule has 2 aromatic heterocycles. The summed E-state index contributed by atoms with van der Waals surface area (Å²) in [6.07, 6.45) is 4.15. The topological polar surface area (TPSA) is 9.34 Å². The van der Waals surface area contributed by atoms with Gasteiger partial charge in [0.05, 0.1) is 11.0 Å². The molecule has 22 heavy (non-hydrogen) atoms. The van der Waals surface area contributed by atoms with Crippen LogP contribution in [0.4, 0.5) is 0 Å². The fourth-order valence-corrected chi connectivity index (χ4v) is 3.26.